The van der Waals surface area contributed by atoms with Crippen molar-refractivity contribution in [2.24, 2.45) is 34.8 Å². The van der Waals surface area contributed by atoms with Crippen LogP contribution in [0.1, 0.15) is 63.0 Å². The monoisotopic (exact) mass is 554 g/mol. The molecule has 0 radical (unpaired) electrons. The van der Waals surface area contributed by atoms with Crippen LogP contribution in [0.3, 0.4) is 0 Å². The zero-order valence-electron chi connectivity index (χ0n) is 24.1. The summed E-state index contributed by atoms with van der Waals surface area (Å²) in [6.45, 7) is 11.2. The van der Waals surface area contributed by atoms with Crippen molar-refractivity contribution in [2.45, 2.75) is 64.7 Å². The summed E-state index contributed by atoms with van der Waals surface area (Å²) in [4.78, 5) is 68.8. The van der Waals surface area contributed by atoms with Gasteiger partial charge in [-0.3, -0.25) is 28.9 Å². The fraction of sp³-hybridized carbons (Fsp3) is 0.567. The van der Waals surface area contributed by atoms with Gasteiger partial charge in [0, 0.05) is 11.5 Å². The maximum atomic E-state index is 14.2. The van der Waals surface area contributed by atoms with E-state index < -0.39 is 81.3 Å². The Bertz CT molecular complexity index is 1380. The lowest BCUT2D eigenvalue weighted by Crippen LogP contribution is -2.77. The summed E-state index contributed by atoms with van der Waals surface area (Å²) < 4.78 is 0. The zero-order valence-corrected chi connectivity index (χ0v) is 24.1. The molecule has 2 fully saturated rings. The molecule has 0 aromatic heterocycles. The number of rotatable bonds is 2. The van der Waals surface area contributed by atoms with Gasteiger partial charge in [0.2, 0.25) is 5.91 Å². The number of aliphatic hydroxyl groups excluding tert-OH is 1. The second-order valence-electron chi connectivity index (χ2n) is 13.6. The summed E-state index contributed by atoms with van der Waals surface area (Å²) in [6.07, 6.45) is 0.0630. The number of benzene rings is 1. The first-order chi connectivity index (χ1) is 18.2. The quantitative estimate of drug-likeness (QED) is 0.389. The highest BCUT2D eigenvalue weighted by atomic mass is 16.3. The van der Waals surface area contributed by atoms with E-state index in [9.17, 15) is 39.3 Å². The molecular weight excluding hydrogens is 516 g/mol. The molecule has 2 unspecified atom stereocenters. The van der Waals surface area contributed by atoms with Gasteiger partial charge in [0.1, 0.15) is 5.75 Å². The number of allylic oxidation sites excluding steroid dienone is 1. The Morgan fingerprint density at radius 2 is 1.60 bits per heavy atom. The van der Waals surface area contributed by atoms with Crippen LogP contribution in [0.15, 0.2) is 18.2 Å². The molecule has 10 nitrogen and oxygen atoms in total. The van der Waals surface area contributed by atoms with Gasteiger partial charge in [-0.25, -0.2) is 0 Å². The highest BCUT2D eigenvalue weighted by Crippen LogP contribution is 2.55. The summed E-state index contributed by atoms with van der Waals surface area (Å²) in [5.74, 6) is -12.9. The van der Waals surface area contributed by atoms with Crippen LogP contribution in [-0.2, 0) is 24.6 Å². The van der Waals surface area contributed by atoms with Crippen molar-refractivity contribution in [3.8, 4) is 5.75 Å². The number of phenols is 1. The number of phenolic OH excluding ortho intramolecular Hbond substituents is 1. The number of fused-ring (bicyclic) bond motifs is 3. The van der Waals surface area contributed by atoms with Gasteiger partial charge in [0.15, 0.2) is 34.7 Å². The third-order valence-electron chi connectivity index (χ3n) is 8.40. The molecule has 10 heteroatoms. The first-order valence-electron chi connectivity index (χ1n) is 13.3. The molecule has 7 atom stereocenters. The van der Waals surface area contributed by atoms with Gasteiger partial charge in [-0.05, 0) is 36.1 Å². The number of amides is 1. The molecule has 4 rings (SSSR count). The average molecular weight is 555 g/mol. The Morgan fingerprint density at radius 3 is 2.08 bits per heavy atom. The molecule has 0 aliphatic heterocycles. The van der Waals surface area contributed by atoms with E-state index in [4.69, 9.17) is 5.73 Å². The molecule has 0 heterocycles. The van der Waals surface area contributed by atoms with Crippen molar-refractivity contribution in [1.29, 1.82) is 0 Å². The fourth-order valence-electron chi connectivity index (χ4n) is 6.78. The van der Waals surface area contributed by atoms with E-state index in [1.54, 1.807) is 18.2 Å². The van der Waals surface area contributed by atoms with E-state index in [0.29, 0.717) is 16.7 Å². The fourth-order valence-corrected chi connectivity index (χ4v) is 6.78. The summed E-state index contributed by atoms with van der Waals surface area (Å²) in [7, 11) is 2.92. The molecule has 1 amide bonds. The number of likely N-dealkylation sites (N-methyl/N-ethyl adjacent to an activating group) is 1. The number of aliphatic hydroxyl groups is 2. The Balaban J connectivity index is 2.07. The predicted octanol–water partition coefficient (Wildman–Crippen LogP) is 1.02. The minimum Gasteiger partial charge on any atom is -0.507 e. The molecule has 0 bridgehead atoms. The number of aromatic hydroxyl groups is 1. The molecule has 1 aromatic rings. The number of carbonyl (C=O) groups excluding carboxylic acids is 5. The Morgan fingerprint density at radius 1 is 1.02 bits per heavy atom. The molecule has 40 heavy (non-hydrogen) atoms. The lowest BCUT2D eigenvalue weighted by atomic mass is 9.50. The van der Waals surface area contributed by atoms with Gasteiger partial charge < -0.3 is 21.1 Å². The van der Waals surface area contributed by atoms with Crippen LogP contribution in [0.2, 0.25) is 0 Å². The van der Waals surface area contributed by atoms with E-state index in [-0.39, 0.29) is 11.3 Å². The van der Waals surface area contributed by atoms with Crippen molar-refractivity contribution in [3.05, 3.63) is 34.9 Å². The smallest absolute Gasteiger partial charge is 0.235 e. The van der Waals surface area contributed by atoms with E-state index >= 15 is 0 Å². The van der Waals surface area contributed by atoms with Crippen LogP contribution in [0.25, 0.3) is 5.57 Å². The van der Waals surface area contributed by atoms with E-state index in [1.807, 2.05) is 41.5 Å². The SMILES string of the molecule is CN(C)[C@@H]1C(=O)C(C(N)=O)C(=O)[C@@]2(O)C(=O)C3C(=O)c4c(ccc(C(C)(C)C)c4O)C(=CC(C)(C)C)[C@H]3[C@H](O)[C@@H]12. The molecular formula is C30H38N2O8. The third kappa shape index (κ3) is 4.07. The van der Waals surface area contributed by atoms with Gasteiger partial charge in [0.05, 0.1) is 29.5 Å². The molecule has 0 spiro atoms. The topological polar surface area (TPSA) is 175 Å². The summed E-state index contributed by atoms with van der Waals surface area (Å²) in [5, 5.41) is 35.1. The van der Waals surface area contributed by atoms with E-state index in [0.717, 1.165) is 0 Å². The molecule has 3 aliphatic carbocycles. The number of nitrogens with two attached hydrogens (primary N) is 1. The number of hydrogen-bond donors (Lipinski definition) is 4. The highest BCUT2D eigenvalue weighted by molar-refractivity contribution is 6.33. The number of hydrogen-bond acceptors (Lipinski definition) is 9. The lowest BCUT2D eigenvalue weighted by molar-refractivity contribution is -0.192. The summed E-state index contributed by atoms with van der Waals surface area (Å²) in [5.41, 5.74) is 2.26. The van der Waals surface area contributed by atoms with Gasteiger partial charge >= 0.3 is 0 Å². The maximum Gasteiger partial charge on any atom is 0.235 e. The normalized spacial score (nSPS) is 33.6. The molecule has 2 saturated carbocycles. The van der Waals surface area contributed by atoms with Crippen molar-refractivity contribution in [3.63, 3.8) is 0 Å². The number of nitrogens with zero attached hydrogens (tertiary/aromatic N) is 1. The first kappa shape index (κ1) is 29.8. The number of carbonyl (C=O) groups is 5. The summed E-state index contributed by atoms with van der Waals surface area (Å²) in [6, 6.07) is 1.94. The van der Waals surface area contributed by atoms with Crippen LogP contribution in [0.4, 0.5) is 0 Å². The molecule has 3 aliphatic rings. The largest absolute Gasteiger partial charge is 0.507 e. The minimum absolute atomic E-state index is 0.137. The van der Waals surface area contributed by atoms with Crippen LogP contribution >= 0.6 is 0 Å². The van der Waals surface area contributed by atoms with Gasteiger partial charge in [-0.1, -0.05) is 59.8 Å². The second kappa shape index (κ2) is 9.15. The summed E-state index contributed by atoms with van der Waals surface area (Å²) >= 11 is 0. The number of primary amides is 1. The van der Waals surface area contributed by atoms with Gasteiger partial charge in [0.25, 0.3) is 0 Å². The van der Waals surface area contributed by atoms with E-state index in [1.165, 1.54) is 19.0 Å². The lowest BCUT2D eigenvalue weighted by Gasteiger charge is -2.55. The van der Waals surface area contributed by atoms with Crippen molar-refractivity contribution in [1.82, 2.24) is 4.90 Å². The average Bonchev–Trinajstić information content (AvgIpc) is 2.78. The standard InChI is InChI=1S/C30H38N2O8/c1-28(2,3)11-13-12-9-10-14(29(4,5)6)21(33)16(12)22(34)17-15(13)23(35)19-20(32(7)8)24(36)18(27(31)39)26(38)30(19,40)25(17)37/h9-11,15,17-20,23,33,35,40H,1-8H3,(H2,31,39)/t15-,17?,18?,19-,20+,23+,30+/m1/s1. The highest BCUT2D eigenvalue weighted by Gasteiger charge is 2.72. The third-order valence-corrected chi connectivity index (χ3v) is 8.40. The molecule has 216 valence electrons. The van der Waals surface area contributed by atoms with E-state index in [2.05, 4.69) is 0 Å². The molecule has 5 N–H and O–H groups in total. The minimum atomic E-state index is -3.04. The van der Waals surface area contributed by atoms with Crippen molar-refractivity contribution >= 4 is 34.6 Å². The van der Waals surface area contributed by atoms with Crippen LogP contribution in [0.5, 0.6) is 5.75 Å². The van der Waals surface area contributed by atoms with Crippen molar-refractivity contribution < 1.29 is 39.3 Å². The van der Waals surface area contributed by atoms with Gasteiger partial charge in [-0.2, -0.15) is 0 Å². The molecule has 0 saturated heterocycles. The molecule has 1 aromatic carbocycles. The number of Topliss-reactive ketones (excluding diaryl/α,β-unsaturated/α-hetero) is 4. The van der Waals surface area contributed by atoms with Crippen LogP contribution < -0.4 is 5.73 Å². The van der Waals surface area contributed by atoms with Crippen molar-refractivity contribution in [2.75, 3.05) is 14.1 Å². The Labute approximate surface area is 233 Å². The predicted molar refractivity (Wildman–Crippen MR) is 145 cm³/mol. The van der Waals surface area contributed by atoms with Crippen LogP contribution in [0, 0.1) is 29.1 Å². The Kier molecular flexibility index (Phi) is 6.81. The van der Waals surface area contributed by atoms with Crippen LogP contribution in [-0.4, -0.2) is 81.1 Å². The second-order valence-corrected chi connectivity index (χ2v) is 13.6. The zero-order chi connectivity index (χ0) is 30.4. The Hall–Kier alpha value is -3.21. The maximum absolute atomic E-state index is 14.2. The van der Waals surface area contributed by atoms with Gasteiger partial charge in [-0.15, -0.1) is 0 Å². The first-order valence-corrected chi connectivity index (χ1v) is 13.3. The number of ketones is 4.